The van der Waals surface area contributed by atoms with Gasteiger partial charge in [0.1, 0.15) is 5.82 Å². The Morgan fingerprint density at radius 2 is 1.96 bits per heavy atom. The first-order chi connectivity index (χ1) is 13.4. The third-order valence-electron chi connectivity index (χ3n) is 5.59. The van der Waals surface area contributed by atoms with E-state index in [0.717, 1.165) is 5.56 Å². The number of sulfonamides is 1. The van der Waals surface area contributed by atoms with Crippen molar-refractivity contribution in [3.05, 3.63) is 35.6 Å². The van der Waals surface area contributed by atoms with Crippen LogP contribution >= 0.6 is 0 Å². The molecule has 0 aliphatic carbocycles. The number of carbonyl (C=O) groups is 1. The van der Waals surface area contributed by atoms with Crippen LogP contribution in [0.25, 0.3) is 0 Å². The molecule has 0 radical (unpaired) electrons. The molecule has 0 unspecified atom stereocenters. The molecule has 2 atom stereocenters. The summed E-state index contributed by atoms with van der Waals surface area (Å²) in [6.45, 7) is 2.73. The van der Waals surface area contributed by atoms with Gasteiger partial charge in [-0.2, -0.15) is 4.31 Å². The fourth-order valence-corrected chi connectivity index (χ4v) is 6.21. The Balaban J connectivity index is 1.49. The normalized spacial score (nSPS) is 24.6. The zero-order valence-electron chi connectivity index (χ0n) is 16.1. The Kier molecular flexibility index (Phi) is 6.90. The highest BCUT2D eigenvalue weighted by molar-refractivity contribution is 7.90. The molecule has 9 heteroatoms. The Bertz CT molecular complexity index is 772. The van der Waals surface area contributed by atoms with E-state index in [1.807, 2.05) is 0 Å². The average Bonchev–Trinajstić information content (AvgIpc) is 2.81. The van der Waals surface area contributed by atoms with E-state index in [-0.39, 0.29) is 17.8 Å². The number of nitrogens with one attached hydrogen (secondary N) is 1. The van der Waals surface area contributed by atoms with Gasteiger partial charge in [-0.05, 0) is 42.9 Å². The number of carbonyl (C=O) groups excluding carboxylic acids is 1. The van der Waals surface area contributed by atoms with Gasteiger partial charge >= 0.3 is 6.03 Å². The van der Waals surface area contributed by atoms with Crippen LogP contribution in [0.1, 0.15) is 18.4 Å². The number of hydrogen-bond acceptors (Lipinski definition) is 4. The van der Waals surface area contributed by atoms with Gasteiger partial charge in [-0.25, -0.2) is 17.6 Å². The minimum atomic E-state index is -3.32. The standard InChI is InChI=1S/C19H28FN3O4S/c1-27-13-12-23-14-16-7-10-22(11-8-18(16)28(23,25)26)19(24)21-9-6-15-2-4-17(20)5-3-15/h2-5,16,18H,6-14H2,1H3,(H,21,24)/t16-,18-/m0/s1. The number of ether oxygens (including phenoxy) is 1. The summed E-state index contributed by atoms with van der Waals surface area (Å²) in [6, 6.07) is 6.04. The first-order valence-corrected chi connectivity index (χ1v) is 11.2. The van der Waals surface area contributed by atoms with Gasteiger partial charge in [-0.1, -0.05) is 12.1 Å². The molecule has 1 aromatic rings. The van der Waals surface area contributed by atoms with Gasteiger partial charge in [0.05, 0.1) is 11.9 Å². The summed E-state index contributed by atoms with van der Waals surface area (Å²) in [5.41, 5.74) is 0.953. The number of nitrogens with zero attached hydrogens (tertiary/aromatic N) is 2. The monoisotopic (exact) mass is 413 g/mol. The summed E-state index contributed by atoms with van der Waals surface area (Å²) in [4.78, 5) is 14.2. The smallest absolute Gasteiger partial charge is 0.317 e. The third-order valence-corrected chi connectivity index (χ3v) is 8.03. The summed E-state index contributed by atoms with van der Waals surface area (Å²) >= 11 is 0. The summed E-state index contributed by atoms with van der Waals surface area (Å²) in [6.07, 6.45) is 1.76. The first kappa shape index (κ1) is 21.0. The van der Waals surface area contributed by atoms with Crippen LogP contribution in [0.5, 0.6) is 0 Å². The zero-order chi connectivity index (χ0) is 20.1. The molecule has 7 nitrogen and oxygen atoms in total. The number of amides is 2. The summed E-state index contributed by atoms with van der Waals surface area (Å²) in [5.74, 6) is -0.225. The number of urea groups is 1. The number of fused-ring (bicyclic) bond motifs is 1. The molecular formula is C19H28FN3O4S. The molecule has 2 aliphatic rings. The van der Waals surface area contributed by atoms with Crippen molar-refractivity contribution in [1.29, 1.82) is 0 Å². The van der Waals surface area contributed by atoms with Crippen LogP contribution in [-0.4, -0.2) is 75.3 Å². The second-order valence-corrected chi connectivity index (χ2v) is 9.52. The van der Waals surface area contributed by atoms with E-state index >= 15 is 0 Å². The number of methoxy groups -OCH3 is 1. The van der Waals surface area contributed by atoms with E-state index in [9.17, 15) is 17.6 Å². The van der Waals surface area contributed by atoms with Crippen molar-refractivity contribution in [1.82, 2.24) is 14.5 Å². The van der Waals surface area contributed by atoms with Crippen molar-refractivity contribution < 1.29 is 22.3 Å². The Labute approximate surface area is 165 Å². The van der Waals surface area contributed by atoms with Crippen molar-refractivity contribution in [3.63, 3.8) is 0 Å². The quantitative estimate of drug-likeness (QED) is 0.766. The van der Waals surface area contributed by atoms with Gasteiger partial charge in [-0.3, -0.25) is 0 Å². The average molecular weight is 414 g/mol. The molecule has 1 N–H and O–H groups in total. The molecule has 0 saturated carbocycles. The van der Waals surface area contributed by atoms with Gasteiger partial charge in [0.2, 0.25) is 10.0 Å². The van der Waals surface area contributed by atoms with Crippen LogP contribution < -0.4 is 5.32 Å². The maximum absolute atomic E-state index is 12.9. The number of hydrogen-bond donors (Lipinski definition) is 1. The lowest BCUT2D eigenvalue weighted by Gasteiger charge is -2.22. The number of likely N-dealkylation sites (tertiary alicyclic amines) is 1. The number of benzene rings is 1. The highest BCUT2D eigenvalue weighted by Gasteiger charge is 2.46. The molecule has 3 rings (SSSR count). The first-order valence-electron chi connectivity index (χ1n) is 9.67. The molecule has 0 aromatic heterocycles. The Morgan fingerprint density at radius 1 is 1.25 bits per heavy atom. The van der Waals surface area contributed by atoms with Crippen LogP contribution in [0.15, 0.2) is 24.3 Å². The zero-order valence-corrected chi connectivity index (χ0v) is 17.0. The van der Waals surface area contributed by atoms with Gasteiger partial charge < -0.3 is 15.0 Å². The van der Waals surface area contributed by atoms with E-state index < -0.39 is 15.3 Å². The minimum Gasteiger partial charge on any atom is -0.383 e. The largest absolute Gasteiger partial charge is 0.383 e. The molecular weight excluding hydrogens is 385 g/mol. The molecule has 2 heterocycles. The number of halogens is 1. The van der Waals surface area contributed by atoms with Gasteiger partial charge in [0, 0.05) is 39.8 Å². The van der Waals surface area contributed by atoms with E-state index in [1.54, 1.807) is 24.1 Å². The molecule has 0 bridgehead atoms. The molecule has 156 valence electrons. The predicted molar refractivity (Wildman–Crippen MR) is 104 cm³/mol. The summed E-state index contributed by atoms with van der Waals surface area (Å²) < 4.78 is 45.0. The van der Waals surface area contributed by atoms with Gasteiger partial charge in [-0.15, -0.1) is 0 Å². The van der Waals surface area contributed by atoms with Crippen LogP contribution in [0.3, 0.4) is 0 Å². The minimum absolute atomic E-state index is 0.0545. The SMILES string of the molecule is COCCN1C[C@@H]2CCN(C(=O)NCCc3ccc(F)cc3)CC[C@@H]2S1(=O)=O. The maximum Gasteiger partial charge on any atom is 0.317 e. The Hall–Kier alpha value is -1.71. The number of rotatable bonds is 6. The molecule has 2 amide bonds. The molecule has 2 saturated heterocycles. The van der Waals surface area contributed by atoms with E-state index in [4.69, 9.17) is 4.74 Å². The highest BCUT2D eigenvalue weighted by atomic mass is 32.2. The third kappa shape index (κ3) is 4.82. The van der Waals surface area contributed by atoms with Crippen molar-refractivity contribution in [2.24, 2.45) is 5.92 Å². The van der Waals surface area contributed by atoms with Crippen LogP contribution in [-0.2, 0) is 21.2 Å². The van der Waals surface area contributed by atoms with E-state index in [2.05, 4.69) is 5.32 Å². The van der Waals surface area contributed by atoms with Crippen molar-refractivity contribution in [3.8, 4) is 0 Å². The Morgan fingerprint density at radius 3 is 2.68 bits per heavy atom. The van der Waals surface area contributed by atoms with Gasteiger partial charge in [0.15, 0.2) is 0 Å². The topological polar surface area (TPSA) is 79.0 Å². The molecule has 2 fully saturated rings. The maximum atomic E-state index is 12.9. The molecule has 28 heavy (non-hydrogen) atoms. The van der Waals surface area contributed by atoms with Crippen molar-refractivity contribution in [2.45, 2.75) is 24.5 Å². The van der Waals surface area contributed by atoms with E-state index in [0.29, 0.717) is 58.6 Å². The lowest BCUT2D eigenvalue weighted by atomic mass is 10.0. The summed E-state index contributed by atoms with van der Waals surface area (Å²) in [7, 11) is -1.76. The van der Waals surface area contributed by atoms with Crippen molar-refractivity contribution >= 4 is 16.1 Å². The van der Waals surface area contributed by atoms with Crippen LogP contribution in [0.4, 0.5) is 9.18 Å². The fourth-order valence-electron chi connectivity index (χ4n) is 3.99. The molecule has 0 spiro atoms. The van der Waals surface area contributed by atoms with Crippen LogP contribution in [0.2, 0.25) is 0 Å². The second kappa shape index (κ2) is 9.19. The fraction of sp³-hybridized carbons (Fsp3) is 0.632. The molecule has 1 aromatic carbocycles. The predicted octanol–water partition coefficient (Wildman–Crippen LogP) is 1.45. The highest BCUT2D eigenvalue weighted by Crippen LogP contribution is 2.34. The van der Waals surface area contributed by atoms with E-state index in [1.165, 1.54) is 16.4 Å². The second-order valence-electron chi connectivity index (χ2n) is 7.37. The lowest BCUT2D eigenvalue weighted by molar-refractivity contribution is 0.177. The molecule has 2 aliphatic heterocycles. The van der Waals surface area contributed by atoms with Crippen LogP contribution in [0, 0.1) is 11.7 Å². The lowest BCUT2D eigenvalue weighted by Crippen LogP contribution is -2.42. The van der Waals surface area contributed by atoms with Gasteiger partial charge in [0.25, 0.3) is 0 Å². The van der Waals surface area contributed by atoms with Crippen molar-refractivity contribution in [2.75, 3.05) is 46.4 Å². The summed E-state index contributed by atoms with van der Waals surface area (Å²) in [5, 5.41) is 2.47.